The molecule has 0 spiro atoms. The van der Waals surface area contributed by atoms with Gasteiger partial charge in [0.15, 0.2) is 0 Å². The van der Waals surface area contributed by atoms with Gasteiger partial charge in [0, 0.05) is 0 Å². The third kappa shape index (κ3) is 1.68. The molecule has 0 aromatic rings. The van der Waals surface area contributed by atoms with Crippen LogP contribution in [0.25, 0.3) is 0 Å². The molecule has 0 radical (unpaired) electrons. The Morgan fingerprint density at radius 2 is 1.90 bits per heavy atom. The minimum atomic E-state index is -0.783. The van der Waals surface area contributed by atoms with Gasteiger partial charge < -0.3 is 5.73 Å². The number of amides is 1. The highest BCUT2D eigenvalue weighted by atomic mass is 16.2. The van der Waals surface area contributed by atoms with Crippen LogP contribution in [0.1, 0.15) is 26.7 Å². The zero-order valence-electron chi connectivity index (χ0n) is 6.48. The molecule has 0 aliphatic heterocycles. The minimum Gasteiger partial charge on any atom is -0.317 e. The summed E-state index contributed by atoms with van der Waals surface area (Å²) in [6, 6.07) is 0. The van der Waals surface area contributed by atoms with E-state index in [4.69, 9.17) is 11.6 Å². The summed E-state index contributed by atoms with van der Waals surface area (Å²) >= 11 is 0. The van der Waals surface area contributed by atoms with Crippen molar-refractivity contribution in [2.24, 2.45) is 11.6 Å². The Bertz CT molecular complexity index is 120. The third-order valence-corrected chi connectivity index (χ3v) is 1.85. The van der Waals surface area contributed by atoms with Crippen molar-refractivity contribution in [2.45, 2.75) is 32.2 Å². The second-order valence-electron chi connectivity index (χ2n) is 2.34. The standard InChI is InChI=1S/C6H15N3O/c1-3-6(7,4-2)5(10)9-8/h3-4,7-8H2,1-2H3,(H,9,10). The average Bonchev–Trinajstić information content (AvgIpc) is 2.01. The van der Waals surface area contributed by atoms with Gasteiger partial charge in [-0.3, -0.25) is 10.2 Å². The average molecular weight is 145 g/mol. The summed E-state index contributed by atoms with van der Waals surface area (Å²) in [5.74, 6) is 4.64. The van der Waals surface area contributed by atoms with Crippen molar-refractivity contribution in [1.29, 1.82) is 0 Å². The van der Waals surface area contributed by atoms with Crippen molar-refractivity contribution in [3.05, 3.63) is 0 Å². The van der Waals surface area contributed by atoms with Gasteiger partial charge in [0.2, 0.25) is 0 Å². The highest BCUT2D eigenvalue weighted by molar-refractivity contribution is 5.85. The fourth-order valence-corrected chi connectivity index (χ4v) is 0.715. The molecule has 1 amide bonds. The maximum absolute atomic E-state index is 10.9. The van der Waals surface area contributed by atoms with Gasteiger partial charge in [-0.05, 0) is 12.8 Å². The Morgan fingerprint density at radius 1 is 1.50 bits per heavy atom. The molecule has 10 heavy (non-hydrogen) atoms. The van der Waals surface area contributed by atoms with E-state index >= 15 is 0 Å². The van der Waals surface area contributed by atoms with Crippen LogP contribution in [-0.2, 0) is 4.79 Å². The summed E-state index contributed by atoms with van der Waals surface area (Å²) in [6.45, 7) is 3.72. The van der Waals surface area contributed by atoms with Crippen molar-refractivity contribution < 1.29 is 4.79 Å². The predicted molar refractivity (Wildman–Crippen MR) is 39.8 cm³/mol. The molecule has 0 aromatic carbocycles. The number of carbonyl (C=O) groups is 1. The molecular weight excluding hydrogens is 130 g/mol. The Morgan fingerprint density at radius 3 is 2.00 bits per heavy atom. The fraction of sp³-hybridized carbons (Fsp3) is 0.833. The van der Waals surface area contributed by atoms with Crippen LogP contribution in [0.5, 0.6) is 0 Å². The molecule has 0 saturated carbocycles. The Labute approximate surface area is 60.9 Å². The van der Waals surface area contributed by atoms with Crippen LogP contribution in [0.4, 0.5) is 0 Å². The zero-order valence-corrected chi connectivity index (χ0v) is 6.48. The van der Waals surface area contributed by atoms with Crippen molar-refractivity contribution >= 4 is 5.91 Å². The van der Waals surface area contributed by atoms with Gasteiger partial charge in [0.25, 0.3) is 5.91 Å². The first-order valence-corrected chi connectivity index (χ1v) is 3.40. The largest absolute Gasteiger partial charge is 0.317 e. The van der Waals surface area contributed by atoms with Gasteiger partial charge in [0.05, 0.1) is 5.54 Å². The number of nitrogens with one attached hydrogen (secondary N) is 1. The number of rotatable bonds is 3. The highest BCUT2D eigenvalue weighted by Gasteiger charge is 2.28. The van der Waals surface area contributed by atoms with E-state index < -0.39 is 5.54 Å². The molecule has 0 aliphatic carbocycles. The van der Waals surface area contributed by atoms with E-state index in [2.05, 4.69) is 0 Å². The normalized spacial score (nSPS) is 11.2. The highest BCUT2D eigenvalue weighted by Crippen LogP contribution is 2.09. The summed E-state index contributed by atoms with van der Waals surface area (Å²) in [5, 5.41) is 0. The van der Waals surface area contributed by atoms with E-state index in [1.165, 1.54) is 0 Å². The molecule has 4 nitrogen and oxygen atoms in total. The van der Waals surface area contributed by atoms with E-state index in [0.717, 1.165) is 0 Å². The van der Waals surface area contributed by atoms with E-state index in [0.29, 0.717) is 12.8 Å². The fourth-order valence-electron chi connectivity index (χ4n) is 0.715. The van der Waals surface area contributed by atoms with Crippen molar-refractivity contribution in [2.75, 3.05) is 0 Å². The van der Waals surface area contributed by atoms with Crippen molar-refractivity contribution in [3.63, 3.8) is 0 Å². The summed E-state index contributed by atoms with van der Waals surface area (Å²) < 4.78 is 0. The first-order chi connectivity index (χ1) is 4.60. The molecule has 0 unspecified atom stereocenters. The van der Waals surface area contributed by atoms with Gasteiger partial charge >= 0.3 is 0 Å². The van der Waals surface area contributed by atoms with Crippen LogP contribution < -0.4 is 17.0 Å². The molecule has 0 bridgehead atoms. The van der Waals surface area contributed by atoms with Crippen LogP contribution in [0.2, 0.25) is 0 Å². The van der Waals surface area contributed by atoms with Crippen LogP contribution in [0.3, 0.4) is 0 Å². The first kappa shape index (κ1) is 9.39. The topological polar surface area (TPSA) is 81.1 Å². The second-order valence-corrected chi connectivity index (χ2v) is 2.34. The summed E-state index contributed by atoms with van der Waals surface area (Å²) in [5.41, 5.74) is 6.92. The molecule has 5 N–H and O–H groups in total. The van der Waals surface area contributed by atoms with Gasteiger partial charge in [0.1, 0.15) is 0 Å². The van der Waals surface area contributed by atoms with Crippen molar-refractivity contribution in [1.82, 2.24) is 5.43 Å². The molecule has 4 heteroatoms. The minimum absolute atomic E-state index is 0.294. The van der Waals surface area contributed by atoms with E-state index in [1.807, 2.05) is 19.3 Å². The molecular formula is C6H15N3O. The second kappa shape index (κ2) is 3.53. The molecule has 0 saturated heterocycles. The van der Waals surface area contributed by atoms with Gasteiger partial charge in [-0.2, -0.15) is 0 Å². The Hall–Kier alpha value is -0.610. The molecule has 0 aromatic heterocycles. The number of hydrogen-bond donors (Lipinski definition) is 3. The van der Waals surface area contributed by atoms with Crippen LogP contribution in [0.15, 0.2) is 0 Å². The number of hydrazine groups is 1. The third-order valence-electron chi connectivity index (χ3n) is 1.85. The molecule has 0 atom stereocenters. The molecule has 0 fully saturated rings. The summed E-state index contributed by atoms with van der Waals surface area (Å²) in [6.07, 6.45) is 1.21. The summed E-state index contributed by atoms with van der Waals surface area (Å²) in [4.78, 5) is 10.9. The molecule has 0 aliphatic rings. The van der Waals surface area contributed by atoms with Crippen molar-refractivity contribution in [3.8, 4) is 0 Å². The maximum atomic E-state index is 10.9. The quantitative estimate of drug-likeness (QED) is 0.284. The van der Waals surface area contributed by atoms with Crippen LogP contribution in [0, 0.1) is 0 Å². The van der Waals surface area contributed by atoms with E-state index in [1.54, 1.807) is 0 Å². The Balaban J connectivity index is 4.17. The summed E-state index contributed by atoms with van der Waals surface area (Å²) in [7, 11) is 0. The lowest BCUT2D eigenvalue weighted by molar-refractivity contribution is -0.126. The molecule has 0 rings (SSSR count). The van der Waals surface area contributed by atoms with E-state index in [-0.39, 0.29) is 5.91 Å². The van der Waals surface area contributed by atoms with E-state index in [9.17, 15) is 4.79 Å². The predicted octanol–water partition coefficient (Wildman–Crippen LogP) is -0.506. The monoisotopic (exact) mass is 145 g/mol. The SMILES string of the molecule is CCC(N)(CC)C(=O)NN. The molecule has 0 heterocycles. The van der Waals surface area contributed by atoms with Crippen LogP contribution >= 0.6 is 0 Å². The Kier molecular flexibility index (Phi) is 3.32. The van der Waals surface area contributed by atoms with Gasteiger partial charge in [-0.15, -0.1) is 0 Å². The molecule has 60 valence electrons. The van der Waals surface area contributed by atoms with Gasteiger partial charge in [-0.25, -0.2) is 5.84 Å². The zero-order chi connectivity index (χ0) is 8.20. The number of carbonyl (C=O) groups excluding carboxylic acids is 1. The lowest BCUT2D eigenvalue weighted by atomic mass is 9.94. The van der Waals surface area contributed by atoms with Crippen LogP contribution in [-0.4, -0.2) is 11.4 Å². The smallest absolute Gasteiger partial charge is 0.253 e. The number of nitrogens with two attached hydrogens (primary N) is 2. The maximum Gasteiger partial charge on any atom is 0.253 e. The van der Waals surface area contributed by atoms with Gasteiger partial charge in [-0.1, -0.05) is 13.8 Å². The lowest BCUT2D eigenvalue weighted by Gasteiger charge is -2.23. The first-order valence-electron chi connectivity index (χ1n) is 3.40. The lowest BCUT2D eigenvalue weighted by Crippen LogP contribution is -2.55. The number of hydrogen-bond acceptors (Lipinski definition) is 3.